The van der Waals surface area contributed by atoms with Gasteiger partial charge in [-0.05, 0) is 29.8 Å². The van der Waals surface area contributed by atoms with Gasteiger partial charge in [0.2, 0.25) is 0 Å². The van der Waals surface area contributed by atoms with E-state index in [4.69, 9.17) is 28.9 Å². The quantitative estimate of drug-likeness (QED) is 0.816. The molecule has 0 heterocycles. The first-order chi connectivity index (χ1) is 8.50. The zero-order valence-electron chi connectivity index (χ0n) is 9.13. The van der Waals surface area contributed by atoms with Crippen molar-refractivity contribution in [3.8, 4) is 0 Å². The molecule has 2 rings (SSSR count). The number of hydrogen-bond donors (Lipinski definition) is 1. The summed E-state index contributed by atoms with van der Waals surface area (Å²) in [5, 5.41) is 0.608. The highest BCUT2D eigenvalue weighted by molar-refractivity contribution is 9.10. The van der Waals surface area contributed by atoms with Crippen LogP contribution in [-0.4, -0.2) is 0 Å². The smallest absolute Gasteiger partial charge is 0.142 e. The predicted octanol–water partition coefficient (Wildman–Crippen LogP) is 4.94. The SMILES string of the molecule is NC(c1ccc(Cl)c(F)c1)c1c(Cl)cccc1Br. The van der Waals surface area contributed by atoms with Crippen LogP contribution in [0.1, 0.15) is 17.2 Å². The molecule has 0 bridgehead atoms. The van der Waals surface area contributed by atoms with E-state index in [0.29, 0.717) is 10.6 Å². The molecule has 5 heteroatoms. The molecule has 1 unspecified atom stereocenters. The fourth-order valence-electron chi connectivity index (χ4n) is 1.68. The molecule has 0 spiro atoms. The molecule has 0 saturated carbocycles. The Balaban J connectivity index is 2.48. The third kappa shape index (κ3) is 2.69. The molecule has 1 atom stereocenters. The van der Waals surface area contributed by atoms with Gasteiger partial charge in [-0.15, -0.1) is 0 Å². The molecule has 0 saturated heterocycles. The maximum absolute atomic E-state index is 13.4. The van der Waals surface area contributed by atoms with Crippen molar-refractivity contribution in [2.75, 3.05) is 0 Å². The summed E-state index contributed by atoms with van der Waals surface area (Å²) in [6.45, 7) is 0. The van der Waals surface area contributed by atoms with E-state index >= 15 is 0 Å². The first kappa shape index (κ1) is 13.8. The molecule has 1 nitrogen and oxygen atoms in total. The Morgan fingerprint density at radius 2 is 1.83 bits per heavy atom. The molecule has 2 N–H and O–H groups in total. The minimum absolute atomic E-state index is 0.0733. The Labute approximate surface area is 123 Å². The first-order valence-corrected chi connectivity index (χ1v) is 6.70. The average molecular weight is 349 g/mol. The minimum atomic E-state index is -0.514. The second-order valence-corrected chi connectivity index (χ2v) is 5.46. The number of hydrogen-bond acceptors (Lipinski definition) is 1. The van der Waals surface area contributed by atoms with E-state index in [1.807, 2.05) is 12.1 Å². The van der Waals surface area contributed by atoms with Crippen LogP contribution >= 0.6 is 39.1 Å². The lowest BCUT2D eigenvalue weighted by molar-refractivity contribution is 0.624. The van der Waals surface area contributed by atoms with Crippen LogP contribution in [0.3, 0.4) is 0 Å². The van der Waals surface area contributed by atoms with Crippen molar-refractivity contribution >= 4 is 39.1 Å². The molecule has 2 aromatic carbocycles. The molecule has 0 aliphatic heterocycles. The molecule has 2 aromatic rings. The topological polar surface area (TPSA) is 26.0 Å². The normalized spacial score (nSPS) is 12.5. The maximum Gasteiger partial charge on any atom is 0.142 e. The van der Waals surface area contributed by atoms with Crippen LogP contribution in [0.2, 0.25) is 10.0 Å². The van der Waals surface area contributed by atoms with Crippen LogP contribution in [0.5, 0.6) is 0 Å². The van der Waals surface area contributed by atoms with E-state index in [0.717, 1.165) is 10.0 Å². The highest BCUT2D eigenvalue weighted by Crippen LogP contribution is 2.33. The standard InChI is InChI=1S/C13H9BrCl2FN/c14-8-2-1-3-10(16)12(8)13(18)7-4-5-9(15)11(17)6-7/h1-6,13H,18H2. The van der Waals surface area contributed by atoms with Crippen molar-refractivity contribution in [2.45, 2.75) is 6.04 Å². The van der Waals surface area contributed by atoms with E-state index < -0.39 is 11.9 Å². The average Bonchev–Trinajstić information content (AvgIpc) is 2.32. The number of halogens is 4. The second-order valence-electron chi connectivity index (χ2n) is 3.79. The van der Waals surface area contributed by atoms with Crippen molar-refractivity contribution in [1.29, 1.82) is 0 Å². The van der Waals surface area contributed by atoms with Gasteiger partial charge in [0.05, 0.1) is 11.1 Å². The van der Waals surface area contributed by atoms with Crippen LogP contribution in [0, 0.1) is 5.82 Å². The van der Waals surface area contributed by atoms with Gasteiger partial charge in [0.15, 0.2) is 0 Å². The highest BCUT2D eigenvalue weighted by Gasteiger charge is 2.16. The van der Waals surface area contributed by atoms with Crippen molar-refractivity contribution in [3.63, 3.8) is 0 Å². The largest absolute Gasteiger partial charge is 0.320 e. The van der Waals surface area contributed by atoms with Crippen LogP contribution in [0.25, 0.3) is 0 Å². The van der Waals surface area contributed by atoms with E-state index in [9.17, 15) is 4.39 Å². The molecule has 0 aliphatic rings. The van der Waals surface area contributed by atoms with Crippen molar-refractivity contribution in [1.82, 2.24) is 0 Å². The van der Waals surface area contributed by atoms with Gasteiger partial charge in [0, 0.05) is 15.1 Å². The Morgan fingerprint density at radius 3 is 2.44 bits per heavy atom. The molecule has 94 valence electrons. The van der Waals surface area contributed by atoms with Gasteiger partial charge in [-0.3, -0.25) is 0 Å². The van der Waals surface area contributed by atoms with Crippen LogP contribution in [0.4, 0.5) is 4.39 Å². The lowest BCUT2D eigenvalue weighted by Crippen LogP contribution is -2.13. The third-order valence-corrected chi connectivity index (χ3v) is 3.94. The van der Waals surface area contributed by atoms with E-state index in [1.54, 1.807) is 12.1 Å². The van der Waals surface area contributed by atoms with Gasteiger partial charge in [0.25, 0.3) is 0 Å². The lowest BCUT2D eigenvalue weighted by atomic mass is 9.99. The third-order valence-electron chi connectivity index (χ3n) is 2.61. The van der Waals surface area contributed by atoms with E-state index in [-0.39, 0.29) is 5.02 Å². The number of nitrogens with two attached hydrogens (primary N) is 1. The molecule has 0 fully saturated rings. The molecule has 0 aliphatic carbocycles. The fraction of sp³-hybridized carbons (Fsp3) is 0.0769. The molecule has 0 amide bonds. The molecular formula is C13H9BrCl2FN. The number of benzene rings is 2. The van der Waals surface area contributed by atoms with Crippen molar-refractivity contribution in [2.24, 2.45) is 5.73 Å². The van der Waals surface area contributed by atoms with Gasteiger partial charge < -0.3 is 5.73 Å². The molecule has 18 heavy (non-hydrogen) atoms. The van der Waals surface area contributed by atoms with Crippen molar-refractivity contribution in [3.05, 3.63) is 67.9 Å². The molecular weight excluding hydrogens is 340 g/mol. The van der Waals surface area contributed by atoms with Gasteiger partial charge in [-0.2, -0.15) is 0 Å². The highest BCUT2D eigenvalue weighted by atomic mass is 79.9. The summed E-state index contributed by atoms with van der Waals surface area (Å²) in [5.41, 5.74) is 7.45. The second kappa shape index (κ2) is 5.57. The lowest BCUT2D eigenvalue weighted by Gasteiger charge is -2.16. The monoisotopic (exact) mass is 347 g/mol. The van der Waals surface area contributed by atoms with Crippen molar-refractivity contribution < 1.29 is 4.39 Å². The summed E-state index contributed by atoms with van der Waals surface area (Å²) in [4.78, 5) is 0. The summed E-state index contributed by atoms with van der Waals surface area (Å²) in [6.07, 6.45) is 0. The maximum atomic E-state index is 13.4. The van der Waals surface area contributed by atoms with Gasteiger partial charge in [-0.1, -0.05) is 51.3 Å². The zero-order chi connectivity index (χ0) is 13.3. The van der Waals surface area contributed by atoms with Gasteiger partial charge in [0.1, 0.15) is 5.82 Å². The molecule has 0 aromatic heterocycles. The minimum Gasteiger partial charge on any atom is -0.320 e. The van der Waals surface area contributed by atoms with Gasteiger partial charge in [-0.25, -0.2) is 4.39 Å². The molecule has 0 radical (unpaired) electrons. The summed E-state index contributed by atoms with van der Waals surface area (Å²) in [6, 6.07) is 9.37. The number of rotatable bonds is 2. The zero-order valence-corrected chi connectivity index (χ0v) is 12.2. The Morgan fingerprint density at radius 1 is 1.11 bits per heavy atom. The summed E-state index contributed by atoms with van der Waals surface area (Å²) in [7, 11) is 0. The van der Waals surface area contributed by atoms with Crippen LogP contribution in [-0.2, 0) is 0 Å². The van der Waals surface area contributed by atoms with E-state index in [1.165, 1.54) is 12.1 Å². The van der Waals surface area contributed by atoms with E-state index in [2.05, 4.69) is 15.9 Å². The fourth-order valence-corrected chi connectivity index (χ4v) is 2.82. The Hall–Kier alpha value is -0.610. The van der Waals surface area contributed by atoms with Crippen LogP contribution < -0.4 is 5.73 Å². The predicted molar refractivity (Wildman–Crippen MR) is 76.6 cm³/mol. The van der Waals surface area contributed by atoms with Gasteiger partial charge >= 0.3 is 0 Å². The Kier molecular flexibility index (Phi) is 4.28. The summed E-state index contributed by atoms with van der Waals surface area (Å²) in [5.74, 6) is -0.493. The van der Waals surface area contributed by atoms with Crippen LogP contribution in [0.15, 0.2) is 40.9 Å². The first-order valence-electron chi connectivity index (χ1n) is 5.15. The summed E-state index contributed by atoms with van der Waals surface area (Å²) >= 11 is 15.2. The summed E-state index contributed by atoms with van der Waals surface area (Å²) < 4.78 is 14.2. The Bertz CT molecular complexity index is 569.